The van der Waals surface area contributed by atoms with Crippen molar-refractivity contribution in [3.05, 3.63) is 34.9 Å². The summed E-state index contributed by atoms with van der Waals surface area (Å²) in [5.74, 6) is 0. The van der Waals surface area contributed by atoms with E-state index in [1.807, 2.05) is 12.1 Å². The Morgan fingerprint density at radius 2 is 2.00 bits per heavy atom. The van der Waals surface area contributed by atoms with Crippen molar-refractivity contribution in [1.82, 2.24) is 10.9 Å². The van der Waals surface area contributed by atoms with Crippen molar-refractivity contribution in [1.29, 1.82) is 0 Å². The Bertz CT molecular complexity index is 453. The van der Waals surface area contributed by atoms with Crippen LogP contribution in [-0.2, 0) is 0 Å². The van der Waals surface area contributed by atoms with E-state index in [1.165, 1.54) is 6.21 Å². The van der Waals surface area contributed by atoms with Gasteiger partial charge < -0.3 is 0 Å². The first-order valence-corrected chi connectivity index (χ1v) is 5.32. The molecule has 90 valence electrons. The van der Waals surface area contributed by atoms with Crippen LogP contribution in [0.3, 0.4) is 0 Å². The van der Waals surface area contributed by atoms with Crippen molar-refractivity contribution in [2.24, 2.45) is 10.2 Å². The fraction of sp³-hybridized carbons (Fsp3) is 0.182. The molecule has 2 amide bonds. The maximum atomic E-state index is 11.1. The fourth-order valence-corrected chi connectivity index (χ4v) is 1.11. The van der Waals surface area contributed by atoms with Gasteiger partial charge in [0.1, 0.15) is 0 Å². The number of nitrogens with zero attached hydrogens (tertiary/aromatic N) is 2. The Morgan fingerprint density at radius 3 is 2.65 bits per heavy atom. The molecule has 0 fully saturated rings. The SMILES string of the molecule is CC(C)=NNC(=O)NN=Cc1ccccc1Cl. The maximum Gasteiger partial charge on any atom is 0.355 e. The third-order valence-electron chi connectivity index (χ3n) is 1.66. The van der Waals surface area contributed by atoms with Crippen LogP contribution in [0.5, 0.6) is 0 Å². The van der Waals surface area contributed by atoms with Gasteiger partial charge in [-0.3, -0.25) is 0 Å². The molecule has 1 aromatic carbocycles. The van der Waals surface area contributed by atoms with Gasteiger partial charge in [0.15, 0.2) is 0 Å². The number of amides is 2. The van der Waals surface area contributed by atoms with Crippen LogP contribution in [0.2, 0.25) is 5.02 Å². The van der Waals surface area contributed by atoms with Crippen LogP contribution >= 0.6 is 11.6 Å². The van der Waals surface area contributed by atoms with E-state index in [9.17, 15) is 4.79 Å². The predicted molar refractivity (Wildman–Crippen MR) is 69.5 cm³/mol. The van der Waals surface area contributed by atoms with Gasteiger partial charge in [0.2, 0.25) is 0 Å². The molecule has 0 aliphatic rings. The van der Waals surface area contributed by atoms with E-state index in [0.717, 1.165) is 11.3 Å². The smallest absolute Gasteiger partial charge is 0.245 e. The molecule has 0 heterocycles. The summed E-state index contributed by atoms with van der Waals surface area (Å²) in [5, 5.41) is 8.03. The fourth-order valence-electron chi connectivity index (χ4n) is 0.928. The van der Waals surface area contributed by atoms with E-state index in [-0.39, 0.29) is 0 Å². The quantitative estimate of drug-likeness (QED) is 0.629. The third kappa shape index (κ3) is 5.12. The van der Waals surface area contributed by atoms with Gasteiger partial charge in [-0.05, 0) is 19.9 Å². The molecular weight excluding hydrogens is 240 g/mol. The van der Waals surface area contributed by atoms with Crippen LogP contribution in [0.15, 0.2) is 34.5 Å². The molecule has 1 aromatic rings. The standard InChI is InChI=1S/C11H13ClN4O/c1-8(2)14-16-11(17)15-13-7-9-5-3-4-6-10(9)12/h3-7H,1-2H3,(H2,15,16,17). The van der Waals surface area contributed by atoms with Gasteiger partial charge >= 0.3 is 6.03 Å². The molecule has 2 N–H and O–H groups in total. The highest BCUT2D eigenvalue weighted by Crippen LogP contribution is 2.11. The Hall–Kier alpha value is -1.88. The first-order chi connectivity index (χ1) is 8.09. The molecule has 0 radical (unpaired) electrons. The van der Waals surface area contributed by atoms with Gasteiger partial charge in [0.25, 0.3) is 0 Å². The minimum absolute atomic E-state index is 0.505. The lowest BCUT2D eigenvalue weighted by Crippen LogP contribution is -2.28. The van der Waals surface area contributed by atoms with E-state index < -0.39 is 6.03 Å². The summed E-state index contributed by atoms with van der Waals surface area (Å²) in [7, 11) is 0. The summed E-state index contributed by atoms with van der Waals surface area (Å²) >= 11 is 5.90. The number of carbonyl (C=O) groups is 1. The first kappa shape index (κ1) is 13.2. The van der Waals surface area contributed by atoms with E-state index in [0.29, 0.717) is 5.02 Å². The van der Waals surface area contributed by atoms with Crippen molar-refractivity contribution >= 4 is 29.6 Å². The molecule has 17 heavy (non-hydrogen) atoms. The maximum absolute atomic E-state index is 11.1. The van der Waals surface area contributed by atoms with Crippen LogP contribution in [0.25, 0.3) is 0 Å². The summed E-state index contributed by atoms with van der Waals surface area (Å²) < 4.78 is 0. The van der Waals surface area contributed by atoms with E-state index in [1.54, 1.807) is 26.0 Å². The van der Waals surface area contributed by atoms with Crippen LogP contribution in [0, 0.1) is 0 Å². The van der Waals surface area contributed by atoms with Crippen LogP contribution in [0.4, 0.5) is 4.79 Å². The normalized spacial score (nSPS) is 10.1. The van der Waals surface area contributed by atoms with Gasteiger partial charge in [-0.1, -0.05) is 29.8 Å². The van der Waals surface area contributed by atoms with Crippen LogP contribution in [-0.4, -0.2) is 18.0 Å². The Labute approximate surface area is 105 Å². The van der Waals surface area contributed by atoms with Crippen molar-refractivity contribution in [3.8, 4) is 0 Å². The molecule has 5 nitrogen and oxygen atoms in total. The van der Waals surface area contributed by atoms with Gasteiger partial charge in [0, 0.05) is 16.3 Å². The van der Waals surface area contributed by atoms with E-state index in [2.05, 4.69) is 21.1 Å². The molecule has 0 saturated carbocycles. The van der Waals surface area contributed by atoms with Gasteiger partial charge in [-0.25, -0.2) is 15.6 Å². The second-order valence-corrected chi connectivity index (χ2v) is 3.80. The minimum atomic E-state index is -0.505. The second-order valence-electron chi connectivity index (χ2n) is 3.39. The zero-order valence-electron chi connectivity index (χ0n) is 9.57. The molecule has 0 aromatic heterocycles. The number of hydrogen-bond acceptors (Lipinski definition) is 3. The third-order valence-corrected chi connectivity index (χ3v) is 2.00. The summed E-state index contributed by atoms with van der Waals surface area (Å²) in [5.41, 5.74) is 6.01. The molecule has 0 aliphatic carbocycles. The van der Waals surface area contributed by atoms with E-state index >= 15 is 0 Å². The van der Waals surface area contributed by atoms with Crippen molar-refractivity contribution in [3.63, 3.8) is 0 Å². The Morgan fingerprint density at radius 1 is 1.29 bits per heavy atom. The number of hydrazone groups is 2. The summed E-state index contributed by atoms with van der Waals surface area (Å²) in [6.45, 7) is 3.54. The highest BCUT2D eigenvalue weighted by atomic mass is 35.5. The predicted octanol–water partition coefficient (Wildman–Crippen LogP) is 2.37. The molecule has 6 heteroatoms. The molecule has 1 rings (SSSR count). The Balaban J connectivity index is 2.48. The van der Waals surface area contributed by atoms with E-state index in [4.69, 9.17) is 11.6 Å². The monoisotopic (exact) mass is 252 g/mol. The number of urea groups is 1. The molecule has 0 spiro atoms. The summed E-state index contributed by atoms with van der Waals surface area (Å²) in [6.07, 6.45) is 1.46. The van der Waals surface area contributed by atoms with Crippen LogP contribution in [0.1, 0.15) is 19.4 Å². The lowest BCUT2D eigenvalue weighted by atomic mass is 10.2. The largest absolute Gasteiger partial charge is 0.355 e. The number of nitrogens with one attached hydrogen (secondary N) is 2. The zero-order chi connectivity index (χ0) is 12.7. The molecule has 0 saturated heterocycles. The minimum Gasteiger partial charge on any atom is -0.245 e. The molecule has 0 atom stereocenters. The second kappa shape index (κ2) is 6.65. The average molecular weight is 253 g/mol. The highest BCUT2D eigenvalue weighted by Gasteiger charge is 1.96. The summed E-state index contributed by atoms with van der Waals surface area (Å²) in [4.78, 5) is 11.1. The van der Waals surface area contributed by atoms with Crippen molar-refractivity contribution in [2.75, 3.05) is 0 Å². The highest BCUT2D eigenvalue weighted by molar-refractivity contribution is 6.33. The van der Waals surface area contributed by atoms with Gasteiger partial charge in [-0.15, -0.1) is 0 Å². The van der Waals surface area contributed by atoms with Gasteiger partial charge in [-0.2, -0.15) is 10.2 Å². The molecular formula is C11H13ClN4O. The topological polar surface area (TPSA) is 65.8 Å². The molecule has 0 unspecified atom stereocenters. The number of rotatable bonds is 3. The lowest BCUT2D eigenvalue weighted by molar-refractivity contribution is 0.242. The van der Waals surface area contributed by atoms with Gasteiger partial charge in [0.05, 0.1) is 6.21 Å². The van der Waals surface area contributed by atoms with Crippen LogP contribution < -0.4 is 10.9 Å². The molecule has 0 aliphatic heterocycles. The first-order valence-electron chi connectivity index (χ1n) is 4.94. The average Bonchev–Trinajstić information content (AvgIpc) is 2.29. The zero-order valence-corrected chi connectivity index (χ0v) is 10.3. The number of benzene rings is 1. The Kier molecular flexibility index (Phi) is 5.16. The molecule has 0 bridgehead atoms. The summed E-state index contributed by atoms with van der Waals surface area (Å²) in [6, 6.07) is 6.68. The lowest BCUT2D eigenvalue weighted by Gasteiger charge is -1.99. The van der Waals surface area contributed by atoms with Crippen molar-refractivity contribution < 1.29 is 4.79 Å². The number of hydrogen-bond donors (Lipinski definition) is 2. The number of carbonyl (C=O) groups excluding carboxylic acids is 1. The van der Waals surface area contributed by atoms with Crippen molar-refractivity contribution in [2.45, 2.75) is 13.8 Å². The number of halogens is 1.